The Hall–Kier alpha value is -3.93. The van der Waals surface area contributed by atoms with Crippen molar-refractivity contribution in [1.82, 2.24) is 0 Å². The lowest BCUT2D eigenvalue weighted by Crippen LogP contribution is -2.13. The Morgan fingerprint density at radius 2 is 1.70 bits per heavy atom. The fraction of sp³-hybridized carbons (Fsp3) is 0.125. The molecule has 0 heterocycles. The monoisotopic (exact) mass is 401 g/mol. The fourth-order valence-electron chi connectivity index (χ4n) is 3.48. The molecule has 0 spiro atoms. The molecule has 0 radical (unpaired) electrons. The number of hydrogen-bond acceptors (Lipinski definition) is 5. The predicted molar refractivity (Wildman–Crippen MR) is 113 cm³/mol. The number of allylic oxidation sites excluding steroid dienone is 1. The molecule has 4 rings (SSSR count). The van der Waals surface area contributed by atoms with Crippen molar-refractivity contribution in [2.45, 2.75) is 12.8 Å². The van der Waals surface area contributed by atoms with E-state index in [9.17, 15) is 14.9 Å². The first-order valence-electron chi connectivity index (χ1n) is 9.48. The van der Waals surface area contributed by atoms with Gasteiger partial charge in [0.2, 0.25) is 5.75 Å². The van der Waals surface area contributed by atoms with E-state index < -0.39 is 4.92 Å². The maximum absolute atomic E-state index is 12.8. The van der Waals surface area contributed by atoms with Gasteiger partial charge in [-0.3, -0.25) is 14.9 Å². The van der Waals surface area contributed by atoms with Gasteiger partial charge in [0.25, 0.3) is 0 Å². The van der Waals surface area contributed by atoms with E-state index in [0.717, 1.165) is 12.0 Å². The van der Waals surface area contributed by atoms with Crippen LogP contribution in [0.15, 0.2) is 72.3 Å². The maximum atomic E-state index is 12.8. The molecule has 150 valence electrons. The van der Waals surface area contributed by atoms with Crippen molar-refractivity contribution >= 4 is 17.5 Å². The second-order valence-electron chi connectivity index (χ2n) is 6.92. The molecule has 0 atom stereocenters. The smallest absolute Gasteiger partial charge is 0.312 e. The van der Waals surface area contributed by atoms with Crippen LogP contribution in [0.2, 0.25) is 0 Å². The number of carbonyl (C=O) groups is 1. The highest BCUT2D eigenvalue weighted by Crippen LogP contribution is 2.34. The average molecular weight is 401 g/mol. The van der Waals surface area contributed by atoms with Crippen LogP contribution >= 0.6 is 0 Å². The molecule has 1 aliphatic carbocycles. The van der Waals surface area contributed by atoms with Crippen LogP contribution in [0.1, 0.15) is 27.9 Å². The average Bonchev–Trinajstić information content (AvgIpc) is 2.77. The zero-order valence-corrected chi connectivity index (χ0v) is 16.3. The molecule has 1 aliphatic rings. The van der Waals surface area contributed by atoms with Gasteiger partial charge in [-0.05, 0) is 60.4 Å². The van der Waals surface area contributed by atoms with Crippen LogP contribution in [0, 0.1) is 10.1 Å². The van der Waals surface area contributed by atoms with Gasteiger partial charge in [-0.15, -0.1) is 0 Å². The molecule has 0 unspecified atom stereocenters. The van der Waals surface area contributed by atoms with Crippen molar-refractivity contribution in [1.29, 1.82) is 0 Å². The SMILES string of the molecule is COc1ccc(Oc2ccc(/C=C3\CCc4ccccc4C3=O)cc2[N+](=O)[O-])cc1. The van der Waals surface area contributed by atoms with E-state index in [1.165, 1.54) is 6.07 Å². The molecule has 0 N–H and O–H groups in total. The standard InChI is InChI=1S/C24H19NO5/c1-29-19-9-11-20(12-10-19)30-23-13-6-16(15-22(23)25(27)28)14-18-8-7-17-4-2-3-5-21(17)24(18)26/h2-6,9-15H,7-8H2,1H3/b18-14+. The summed E-state index contributed by atoms with van der Waals surface area (Å²) in [7, 11) is 1.56. The van der Waals surface area contributed by atoms with Gasteiger partial charge in [0.15, 0.2) is 5.78 Å². The number of rotatable bonds is 5. The molecule has 0 saturated heterocycles. The number of nitro groups is 1. The number of carbonyl (C=O) groups excluding carboxylic acids is 1. The van der Waals surface area contributed by atoms with Gasteiger partial charge in [0, 0.05) is 17.2 Å². The van der Waals surface area contributed by atoms with E-state index in [1.54, 1.807) is 49.6 Å². The van der Waals surface area contributed by atoms with Gasteiger partial charge in [0.05, 0.1) is 12.0 Å². The minimum absolute atomic E-state index is 0.0296. The summed E-state index contributed by atoms with van der Waals surface area (Å²) in [6.07, 6.45) is 3.10. The Morgan fingerprint density at radius 3 is 2.43 bits per heavy atom. The lowest BCUT2D eigenvalue weighted by atomic mass is 9.86. The lowest BCUT2D eigenvalue weighted by Gasteiger charge is -2.17. The van der Waals surface area contributed by atoms with E-state index in [0.29, 0.717) is 34.6 Å². The summed E-state index contributed by atoms with van der Waals surface area (Å²) >= 11 is 0. The molecule has 30 heavy (non-hydrogen) atoms. The Labute approximate surface area is 173 Å². The van der Waals surface area contributed by atoms with Crippen LogP contribution in [0.25, 0.3) is 6.08 Å². The normalized spacial score (nSPS) is 14.3. The van der Waals surface area contributed by atoms with Gasteiger partial charge >= 0.3 is 5.69 Å². The number of Topliss-reactive ketones (excluding diaryl/α,β-unsaturated/α-hetero) is 1. The third kappa shape index (κ3) is 3.93. The predicted octanol–water partition coefficient (Wildman–Crippen LogP) is 5.61. The quantitative estimate of drug-likeness (QED) is 0.315. The molecular formula is C24H19NO5. The number of nitrogens with zero attached hydrogens (tertiary/aromatic N) is 1. The second kappa shape index (κ2) is 8.21. The Balaban J connectivity index is 1.62. The van der Waals surface area contributed by atoms with Crippen molar-refractivity contribution in [3.05, 3.63) is 99.1 Å². The van der Waals surface area contributed by atoms with Gasteiger partial charge < -0.3 is 9.47 Å². The zero-order valence-electron chi connectivity index (χ0n) is 16.3. The number of methoxy groups -OCH3 is 1. The molecular weight excluding hydrogens is 382 g/mol. The molecule has 0 aliphatic heterocycles. The van der Waals surface area contributed by atoms with Crippen LogP contribution in [0.4, 0.5) is 5.69 Å². The van der Waals surface area contributed by atoms with Crippen molar-refractivity contribution in [3.63, 3.8) is 0 Å². The highest BCUT2D eigenvalue weighted by atomic mass is 16.6. The first-order valence-corrected chi connectivity index (χ1v) is 9.48. The summed E-state index contributed by atoms with van der Waals surface area (Å²) in [6.45, 7) is 0. The summed E-state index contributed by atoms with van der Waals surface area (Å²) in [5.41, 5.74) is 2.81. The number of ketones is 1. The molecule has 0 saturated carbocycles. The minimum atomic E-state index is -0.487. The molecule has 0 amide bonds. The van der Waals surface area contributed by atoms with Crippen LogP contribution in [-0.2, 0) is 6.42 Å². The number of benzene rings is 3. The van der Waals surface area contributed by atoms with Crippen molar-refractivity contribution in [2.24, 2.45) is 0 Å². The van der Waals surface area contributed by atoms with Crippen LogP contribution in [0.3, 0.4) is 0 Å². The van der Waals surface area contributed by atoms with E-state index >= 15 is 0 Å². The van der Waals surface area contributed by atoms with Crippen molar-refractivity contribution < 1.29 is 19.2 Å². The highest BCUT2D eigenvalue weighted by molar-refractivity contribution is 6.13. The highest BCUT2D eigenvalue weighted by Gasteiger charge is 2.22. The van der Waals surface area contributed by atoms with Crippen molar-refractivity contribution in [3.8, 4) is 17.2 Å². The Morgan fingerprint density at radius 1 is 0.967 bits per heavy atom. The largest absolute Gasteiger partial charge is 0.497 e. The third-order valence-electron chi connectivity index (χ3n) is 5.03. The van der Waals surface area contributed by atoms with Crippen molar-refractivity contribution in [2.75, 3.05) is 7.11 Å². The maximum Gasteiger partial charge on any atom is 0.312 e. The van der Waals surface area contributed by atoms with E-state index in [-0.39, 0.29) is 17.2 Å². The summed E-state index contributed by atoms with van der Waals surface area (Å²) < 4.78 is 10.8. The molecule has 6 heteroatoms. The van der Waals surface area contributed by atoms with Gasteiger partial charge in [-0.2, -0.15) is 0 Å². The summed E-state index contributed by atoms with van der Waals surface area (Å²) in [6, 6.07) is 19.0. The number of fused-ring (bicyclic) bond motifs is 1. The van der Waals surface area contributed by atoms with Crippen LogP contribution < -0.4 is 9.47 Å². The van der Waals surface area contributed by atoms with E-state index in [4.69, 9.17) is 9.47 Å². The summed E-state index contributed by atoms with van der Waals surface area (Å²) in [5.74, 6) is 1.23. The summed E-state index contributed by atoms with van der Waals surface area (Å²) in [5, 5.41) is 11.6. The first kappa shape index (κ1) is 19.4. The molecule has 3 aromatic rings. The first-order chi connectivity index (χ1) is 14.5. The minimum Gasteiger partial charge on any atom is -0.497 e. The van der Waals surface area contributed by atoms with Gasteiger partial charge in [-0.25, -0.2) is 0 Å². The second-order valence-corrected chi connectivity index (χ2v) is 6.92. The number of nitro benzene ring substituents is 1. The van der Waals surface area contributed by atoms with Crippen LogP contribution in [-0.4, -0.2) is 17.8 Å². The Bertz CT molecular complexity index is 1150. The van der Waals surface area contributed by atoms with E-state index in [1.807, 2.05) is 24.3 Å². The van der Waals surface area contributed by atoms with Gasteiger partial charge in [0.1, 0.15) is 11.5 Å². The molecule has 0 bridgehead atoms. The lowest BCUT2D eigenvalue weighted by molar-refractivity contribution is -0.385. The fourth-order valence-corrected chi connectivity index (χ4v) is 3.48. The number of ether oxygens (including phenoxy) is 2. The van der Waals surface area contributed by atoms with Crippen LogP contribution in [0.5, 0.6) is 17.2 Å². The van der Waals surface area contributed by atoms with E-state index in [2.05, 4.69) is 0 Å². The molecule has 0 aromatic heterocycles. The Kier molecular flexibility index (Phi) is 5.30. The molecule has 0 fully saturated rings. The summed E-state index contributed by atoms with van der Waals surface area (Å²) in [4.78, 5) is 23.9. The number of hydrogen-bond donors (Lipinski definition) is 0. The van der Waals surface area contributed by atoms with Gasteiger partial charge in [-0.1, -0.05) is 30.3 Å². The molecule has 6 nitrogen and oxygen atoms in total. The zero-order chi connectivity index (χ0) is 21.1. The number of aryl methyl sites for hydroxylation is 1. The molecule has 3 aromatic carbocycles. The third-order valence-corrected chi connectivity index (χ3v) is 5.03. The topological polar surface area (TPSA) is 78.7 Å².